The predicted octanol–water partition coefficient (Wildman–Crippen LogP) is 0.923. The van der Waals surface area contributed by atoms with Gasteiger partial charge in [-0.15, -0.1) is 0 Å². The molecule has 0 radical (unpaired) electrons. The van der Waals surface area contributed by atoms with Crippen LogP contribution < -0.4 is 5.32 Å². The van der Waals surface area contributed by atoms with Crippen molar-refractivity contribution in [1.29, 1.82) is 0 Å². The highest BCUT2D eigenvalue weighted by atomic mass is 16.4. The van der Waals surface area contributed by atoms with Crippen LogP contribution in [0.1, 0.15) is 32.6 Å². The van der Waals surface area contributed by atoms with Crippen LogP contribution in [-0.2, 0) is 4.79 Å². The maximum Gasteiger partial charge on any atom is 0.323 e. The smallest absolute Gasteiger partial charge is 0.323 e. The van der Waals surface area contributed by atoms with Gasteiger partial charge >= 0.3 is 5.97 Å². The largest absolute Gasteiger partial charge is 0.480 e. The van der Waals surface area contributed by atoms with Crippen molar-refractivity contribution in [3.8, 4) is 0 Å². The summed E-state index contributed by atoms with van der Waals surface area (Å²) in [6.07, 6.45) is 3.79. The zero-order chi connectivity index (χ0) is 11.8. The van der Waals surface area contributed by atoms with Crippen molar-refractivity contribution in [2.75, 3.05) is 20.1 Å². The maximum absolute atomic E-state index is 11.3. The molecule has 3 unspecified atom stereocenters. The molecule has 0 amide bonds. The van der Waals surface area contributed by atoms with Gasteiger partial charge in [0, 0.05) is 12.6 Å². The number of likely N-dealkylation sites (N-methyl/N-ethyl adjacent to an activating group) is 1. The highest BCUT2D eigenvalue weighted by Crippen LogP contribution is 2.35. The number of carboxylic acids is 1. The van der Waals surface area contributed by atoms with Crippen LogP contribution in [0.5, 0.6) is 0 Å². The normalized spacial score (nSPS) is 40.4. The van der Waals surface area contributed by atoms with Gasteiger partial charge in [-0.3, -0.25) is 4.79 Å². The number of hydrogen-bond donors (Lipinski definition) is 2. The van der Waals surface area contributed by atoms with E-state index in [9.17, 15) is 9.90 Å². The fourth-order valence-electron chi connectivity index (χ4n) is 3.16. The van der Waals surface area contributed by atoms with Gasteiger partial charge in [-0.25, -0.2) is 0 Å². The lowest BCUT2D eigenvalue weighted by Crippen LogP contribution is -2.49. The van der Waals surface area contributed by atoms with Crippen molar-refractivity contribution >= 4 is 5.97 Å². The summed E-state index contributed by atoms with van der Waals surface area (Å²) in [5.41, 5.74) is -0.670. The molecule has 2 fully saturated rings. The van der Waals surface area contributed by atoms with Crippen LogP contribution in [0.2, 0.25) is 0 Å². The Kier molecular flexibility index (Phi) is 3.22. The number of rotatable bonds is 3. The van der Waals surface area contributed by atoms with Crippen LogP contribution in [0.15, 0.2) is 0 Å². The van der Waals surface area contributed by atoms with Crippen molar-refractivity contribution in [1.82, 2.24) is 10.2 Å². The van der Waals surface area contributed by atoms with Gasteiger partial charge in [-0.2, -0.15) is 0 Å². The van der Waals surface area contributed by atoms with Gasteiger partial charge in [0.05, 0.1) is 0 Å². The molecule has 0 spiro atoms. The molecule has 92 valence electrons. The van der Waals surface area contributed by atoms with Crippen molar-refractivity contribution < 1.29 is 9.90 Å². The number of hydrogen-bond acceptors (Lipinski definition) is 3. The first kappa shape index (κ1) is 11.9. The van der Waals surface area contributed by atoms with Gasteiger partial charge in [-0.05, 0) is 45.2 Å². The standard InChI is InChI=1S/C12H22N2O2/c1-9-4-6-14(8-9)10-3-5-12(7-10,13-2)11(15)16/h9-10,13H,3-8H2,1-2H3,(H,15,16). The van der Waals surface area contributed by atoms with Crippen molar-refractivity contribution in [3.05, 3.63) is 0 Å². The van der Waals surface area contributed by atoms with Crippen LogP contribution >= 0.6 is 0 Å². The average Bonchev–Trinajstić information content (AvgIpc) is 2.84. The molecule has 4 nitrogen and oxygen atoms in total. The van der Waals surface area contributed by atoms with E-state index in [0.717, 1.165) is 38.3 Å². The Hall–Kier alpha value is -0.610. The van der Waals surface area contributed by atoms with E-state index in [1.165, 1.54) is 6.42 Å². The fourth-order valence-corrected chi connectivity index (χ4v) is 3.16. The van der Waals surface area contributed by atoms with E-state index in [0.29, 0.717) is 6.04 Å². The number of carboxylic acid groups (broad SMARTS) is 1. The van der Waals surface area contributed by atoms with E-state index in [1.807, 2.05) is 0 Å². The summed E-state index contributed by atoms with van der Waals surface area (Å²) < 4.78 is 0. The summed E-state index contributed by atoms with van der Waals surface area (Å²) >= 11 is 0. The third-order valence-corrected chi connectivity index (χ3v) is 4.35. The van der Waals surface area contributed by atoms with E-state index < -0.39 is 11.5 Å². The Morgan fingerprint density at radius 3 is 2.69 bits per heavy atom. The minimum atomic E-state index is -0.690. The highest BCUT2D eigenvalue weighted by molar-refractivity contribution is 5.79. The van der Waals surface area contributed by atoms with E-state index in [2.05, 4.69) is 17.1 Å². The lowest BCUT2D eigenvalue weighted by Gasteiger charge is -2.27. The van der Waals surface area contributed by atoms with E-state index in [1.54, 1.807) is 7.05 Å². The number of nitrogens with one attached hydrogen (secondary N) is 1. The van der Waals surface area contributed by atoms with Gasteiger partial charge in [0.2, 0.25) is 0 Å². The lowest BCUT2D eigenvalue weighted by molar-refractivity contribution is -0.144. The minimum Gasteiger partial charge on any atom is -0.480 e. The molecule has 16 heavy (non-hydrogen) atoms. The Bertz CT molecular complexity index is 282. The summed E-state index contributed by atoms with van der Waals surface area (Å²) in [7, 11) is 1.77. The van der Waals surface area contributed by atoms with Gasteiger partial charge in [0.1, 0.15) is 5.54 Å². The van der Waals surface area contributed by atoms with Crippen molar-refractivity contribution in [2.24, 2.45) is 5.92 Å². The monoisotopic (exact) mass is 226 g/mol. The molecule has 1 aliphatic carbocycles. The number of aliphatic carboxylic acids is 1. The topological polar surface area (TPSA) is 52.6 Å². The molecule has 1 aliphatic heterocycles. The first-order valence-electron chi connectivity index (χ1n) is 6.24. The quantitative estimate of drug-likeness (QED) is 0.751. The molecule has 0 aromatic heterocycles. The van der Waals surface area contributed by atoms with Crippen molar-refractivity contribution in [3.63, 3.8) is 0 Å². The molecular weight excluding hydrogens is 204 g/mol. The number of likely N-dealkylation sites (tertiary alicyclic amines) is 1. The van der Waals surface area contributed by atoms with E-state index >= 15 is 0 Å². The lowest BCUT2D eigenvalue weighted by atomic mass is 9.98. The highest BCUT2D eigenvalue weighted by Gasteiger charge is 2.46. The van der Waals surface area contributed by atoms with Gasteiger partial charge < -0.3 is 15.3 Å². The molecular formula is C12H22N2O2. The molecule has 1 heterocycles. The Morgan fingerprint density at radius 1 is 1.50 bits per heavy atom. The molecule has 2 N–H and O–H groups in total. The second-order valence-corrected chi connectivity index (χ2v) is 5.42. The predicted molar refractivity (Wildman–Crippen MR) is 62.4 cm³/mol. The van der Waals surface area contributed by atoms with Crippen LogP contribution in [0.4, 0.5) is 0 Å². The molecule has 4 heteroatoms. The molecule has 1 saturated carbocycles. The van der Waals surface area contributed by atoms with Crippen LogP contribution in [-0.4, -0.2) is 47.7 Å². The van der Waals surface area contributed by atoms with Crippen LogP contribution in [0, 0.1) is 5.92 Å². The third kappa shape index (κ3) is 1.96. The zero-order valence-electron chi connectivity index (χ0n) is 10.2. The number of carbonyl (C=O) groups is 1. The van der Waals surface area contributed by atoms with Gasteiger partial charge in [-0.1, -0.05) is 6.92 Å². The second kappa shape index (κ2) is 4.34. The molecule has 3 atom stereocenters. The Labute approximate surface area is 97.0 Å². The van der Waals surface area contributed by atoms with Crippen molar-refractivity contribution in [2.45, 2.75) is 44.2 Å². The minimum absolute atomic E-state index is 0.466. The Balaban J connectivity index is 1.99. The molecule has 1 saturated heterocycles. The summed E-state index contributed by atoms with van der Waals surface area (Å²) in [4.78, 5) is 13.8. The summed E-state index contributed by atoms with van der Waals surface area (Å²) in [5, 5.41) is 12.3. The molecule has 2 rings (SSSR count). The molecule has 0 aromatic carbocycles. The van der Waals surface area contributed by atoms with Crippen LogP contribution in [0.3, 0.4) is 0 Å². The molecule has 2 aliphatic rings. The third-order valence-electron chi connectivity index (χ3n) is 4.35. The Morgan fingerprint density at radius 2 is 2.25 bits per heavy atom. The summed E-state index contributed by atoms with van der Waals surface area (Å²) in [6, 6.07) is 0.466. The SMILES string of the molecule is CNC1(C(=O)O)CCC(N2CCC(C)C2)C1. The first-order chi connectivity index (χ1) is 7.57. The van der Waals surface area contributed by atoms with Gasteiger partial charge in [0.25, 0.3) is 0 Å². The second-order valence-electron chi connectivity index (χ2n) is 5.42. The van der Waals surface area contributed by atoms with Crippen LogP contribution in [0.25, 0.3) is 0 Å². The average molecular weight is 226 g/mol. The van der Waals surface area contributed by atoms with E-state index in [-0.39, 0.29) is 0 Å². The number of nitrogens with zero attached hydrogens (tertiary/aromatic N) is 1. The molecule has 0 bridgehead atoms. The molecule has 0 aromatic rings. The zero-order valence-corrected chi connectivity index (χ0v) is 10.2. The first-order valence-corrected chi connectivity index (χ1v) is 6.24. The fraction of sp³-hybridized carbons (Fsp3) is 0.917. The summed E-state index contributed by atoms with van der Waals surface area (Å²) in [5.74, 6) is 0.0826. The summed E-state index contributed by atoms with van der Waals surface area (Å²) in [6.45, 7) is 4.56. The van der Waals surface area contributed by atoms with E-state index in [4.69, 9.17) is 0 Å². The van der Waals surface area contributed by atoms with Gasteiger partial charge in [0.15, 0.2) is 0 Å². The maximum atomic E-state index is 11.3.